The SMILES string of the molecule is CCOC(=O)CC(c1ccc(Cl)c(CN2CC=C(OCc3ccccc3)OS2(=O)=O)c1)c1ccc2c(nnn2CCCCOCc2ccc(OC)cc2)c1C. The first-order valence-corrected chi connectivity index (χ1v) is 19.9. The number of aromatic nitrogens is 3. The molecule has 0 bridgehead atoms. The molecule has 0 saturated heterocycles. The maximum Gasteiger partial charge on any atom is 0.388 e. The first kappa shape index (κ1) is 39.7. The van der Waals surface area contributed by atoms with E-state index in [4.69, 9.17) is 34.7 Å². The van der Waals surface area contributed by atoms with Gasteiger partial charge in [0.05, 0.1) is 32.3 Å². The predicted molar refractivity (Wildman–Crippen MR) is 208 cm³/mol. The van der Waals surface area contributed by atoms with Crippen LogP contribution < -0.4 is 4.74 Å². The van der Waals surface area contributed by atoms with Crippen LogP contribution in [0.15, 0.2) is 97.0 Å². The molecule has 12 nitrogen and oxygen atoms in total. The number of hydrogen-bond donors (Lipinski definition) is 0. The number of unbranched alkanes of at least 4 members (excludes halogenated alkanes) is 1. The van der Waals surface area contributed by atoms with Crippen molar-refractivity contribution < 1.29 is 36.3 Å². The molecule has 0 radical (unpaired) electrons. The van der Waals surface area contributed by atoms with E-state index < -0.39 is 16.2 Å². The number of carbonyl (C=O) groups is 1. The van der Waals surface area contributed by atoms with Gasteiger partial charge in [-0.2, -0.15) is 12.7 Å². The van der Waals surface area contributed by atoms with Gasteiger partial charge in [-0.05, 0) is 84.3 Å². The Labute approximate surface area is 326 Å². The zero-order valence-corrected chi connectivity index (χ0v) is 32.7. The highest BCUT2D eigenvalue weighted by molar-refractivity contribution is 7.84. The average molecular weight is 789 g/mol. The molecule has 0 amide bonds. The van der Waals surface area contributed by atoms with Gasteiger partial charge in [-0.15, -0.1) is 5.10 Å². The number of nitrogens with zero attached hydrogens (tertiary/aromatic N) is 4. The molecule has 14 heteroatoms. The summed E-state index contributed by atoms with van der Waals surface area (Å²) in [5.41, 5.74) is 6.70. The fraction of sp³-hybridized carbons (Fsp3) is 0.341. The fourth-order valence-electron chi connectivity index (χ4n) is 6.43. The van der Waals surface area contributed by atoms with Crippen LogP contribution in [-0.4, -0.2) is 60.6 Å². The summed E-state index contributed by atoms with van der Waals surface area (Å²) >= 11 is 6.65. The molecule has 5 aromatic rings. The Hall–Kier alpha value is -4.95. The minimum Gasteiger partial charge on any atom is -0.497 e. The molecule has 1 aliphatic heterocycles. The summed E-state index contributed by atoms with van der Waals surface area (Å²) in [7, 11) is -2.53. The van der Waals surface area contributed by atoms with E-state index in [0.29, 0.717) is 30.3 Å². The zero-order chi connectivity index (χ0) is 38.8. The number of halogens is 1. The van der Waals surface area contributed by atoms with Crippen molar-refractivity contribution in [2.45, 2.75) is 65.3 Å². The lowest BCUT2D eigenvalue weighted by Crippen LogP contribution is -2.36. The van der Waals surface area contributed by atoms with Gasteiger partial charge in [-0.3, -0.25) is 4.79 Å². The van der Waals surface area contributed by atoms with E-state index in [1.54, 1.807) is 26.2 Å². The molecule has 2 heterocycles. The topological polar surface area (TPSA) is 131 Å². The van der Waals surface area contributed by atoms with E-state index in [1.807, 2.05) is 90.5 Å². The van der Waals surface area contributed by atoms with E-state index in [1.165, 1.54) is 4.31 Å². The second kappa shape index (κ2) is 18.6. The van der Waals surface area contributed by atoms with Gasteiger partial charge in [0.15, 0.2) is 0 Å². The quantitative estimate of drug-likeness (QED) is 0.0646. The lowest BCUT2D eigenvalue weighted by molar-refractivity contribution is -0.143. The number of ether oxygens (including phenoxy) is 4. The number of esters is 1. The van der Waals surface area contributed by atoms with Crippen molar-refractivity contribution in [1.29, 1.82) is 0 Å². The number of methoxy groups -OCH3 is 1. The van der Waals surface area contributed by atoms with Crippen molar-refractivity contribution >= 4 is 38.9 Å². The van der Waals surface area contributed by atoms with Crippen LogP contribution in [0.4, 0.5) is 0 Å². The molecule has 6 rings (SSSR count). The number of carbonyl (C=O) groups excluding carboxylic acids is 1. The highest BCUT2D eigenvalue weighted by Crippen LogP contribution is 2.36. The second-order valence-electron chi connectivity index (χ2n) is 13.1. The maximum atomic E-state index is 13.2. The summed E-state index contributed by atoms with van der Waals surface area (Å²) in [4.78, 5) is 13.0. The molecule has 0 saturated carbocycles. The Morgan fingerprint density at radius 3 is 2.51 bits per heavy atom. The van der Waals surface area contributed by atoms with Crippen LogP contribution in [0.3, 0.4) is 0 Å². The molecule has 0 spiro atoms. The molecule has 0 fully saturated rings. The molecule has 0 N–H and O–H groups in total. The van der Waals surface area contributed by atoms with Crippen LogP contribution in [0.1, 0.15) is 65.5 Å². The van der Waals surface area contributed by atoms with Gasteiger partial charge in [0.2, 0.25) is 0 Å². The van der Waals surface area contributed by atoms with E-state index >= 15 is 0 Å². The lowest BCUT2D eigenvalue weighted by atomic mass is 9.85. The summed E-state index contributed by atoms with van der Waals surface area (Å²) in [6, 6.07) is 26.6. The van der Waals surface area contributed by atoms with Gasteiger partial charge in [-0.1, -0.05) is 77.5 Å². The molecule has 1 aliphatic rings. The Morgan fingerprint density at radius 1 is 0.982 bits per heavy atom. The van der Waals surface area contributed by atoms with Crippen LogP contribution in [0.2, 0.25) is 5.02 Å². The van der Waals surface area contributed by atoms with Crippen LogP contribution in [0, 0.1) is 6.92 Å². The molecule has 1 aromatic heterocycles. The summed E-state index contributed by atoms with van der Waals surface area (Å²) in [5.74, 6) is -0.0507. The number of benzene rings is 4. The van der Waals surface area contributed by atoms with Crippen molar-refractivity contribution in [2.24, 2.45) is 0 Å². The summed E-state index contributed by atoms with van der Waals surface area (Å²) in [6.07, 6.45) is 3.35. The third-order valence-electron chi connectivity index (χ3n) is 9.38. The molecular weight excluding hydrogens is 744 g/mol. The van der Waals surface area contributed by atoms with Gasteiger partial charge < -0.3 is 23.1 Å². The number of rotatable bonds is 18. The van der Waals surface area contributed by atoms with Crippen LogP contribution >= 0.6 is 11.6 Å². The van der Waals surface area contributed by atoms with Gasteiger partial charge in [0, 0.05) is 43.3 Å². The Bertz CT molecular complexity index is 2210. The minimum absolute atomic E-state index is 0.0292. The van der Waals surface area contributed by atoms with Crippen molar-refractivity contribution in [3.05, 3.63) is 135 Å². The molecular formula is C41H45ClN4O8S. The molecule has 1 atom stereocenters. The van der Waals surface area contributed by atoms with E-state index in [-0.39, 0.29) is 44.6 Å². The molecule has 0 aliphatic carbocycles. The largest absolute Gasteiger partial charge is 0.497 e. The normalized spacial score (nSPS) is 14.6. The third kappa shape index (κ3) is 10.2. The van der Waals surface area contributed by atoms with E-state index in [2.05, 4.69) is 10.3 Å². The summed E-state index contributed by atoms with van der Waals surface area (Å²) in [6.45, 7) is 5.96. The Morgan fingerprint density at radius 2 is 1.76 bits per heavy atom. The fourth-order valence-corrected chi connectivity index (χ4v) is 7.59. The lowest BCUT2D eigenvalue weighted by Gasteiger charge is -2.26. The minimum atomic E-state index is -4.18. The summed E-state index contributed by atoms with van der Waals surface area (Å²) in [5, 5.41) is 9.37. The van der Waals surface area contributed by atoms with E-state index in [9.17, 15) is 13.2 Å². The highest BCUT2D eigenvalue weighted by atomic mass is 35.5. The van der Waals surface area contributed by atoms with Crippen molar-refractivity contribution in [2.75, 3.05) is 26.9 Å². The second-order valence-corrected chi connectivity index (χ2v) is 15.1. The van der Waals surface area contributed by atoms with Crippen LogP contribution in [-0.2, 0) is 59.8 Å². The number of aryl methyl sites for hydroxylation is 2. The van der Waals surface area contributed by atoms with Crippen molar-refractivity contribution in [3.63, 3.8) is 0 Å². The van der Waals surface area contributed by atoms with Gasteiger partial charge in [-0.25, -0.2) is 4.68 Å². The summed E-state index contributed by atoms with van der Waals surface area (Å²) < 4.78 is 56.8. The molecule has 4 aromatic carbocycles. The number of hydrogen-bond acceptors (Lipinski definition) is 10. The molecule has 290 valence electrons. The van der Waals surface area contributed by atoms with Crippen LogP contribution in [0.5, 0.6) is 5.75 Å². The van der Waals surface area contributed by atoms with Gasteiger partial charge in [0.1, 0.15) is 17.9 Å². The van der Waals surface area contributed by atoms with Crippen molar-refractivity contribution in [3.8, 4) is 5.75 Å². The predicted octanol–water partition coefficient (Wildman–Crippen LogP) is 7.62. The highest BCUT2D eigenvalue weighted by Gasteiger charge is 2.31. The third-order valence-corrected chi connectivity index (χ3v) is 11.0. The Balaban J connectivity index is 1.14. The van der Waals surface area contributed by atoms with Gasteiger partial charge in [0.25, 0.3) is 5.95 Å². The smallest absolute Gasteiger partial charge is 0.388 e. The van der Waals surface area contributed by atoms with Crippen molar-refractivity contribution in [1.82, 2.24) is 19.3 Å². The molecule has 1 unspecified atom stereocenters. The number of fused-ring (bicyclic) bond motifs is 1. The van der Waals surface area contributed by atoms with Crippen LogP contribution in [0.25, 0.3) is 11.0 Å². The monoisotopic (exact) mass is 788 g/mol. The zero-order valence-electron chi connectivity index (χ0n) is 31.1. The molecule has 55 heavy (non-hydrogen) atoms. The first-order valence-electron chi connectivity index (χ1n) is 18.2. The average Bonchev–Trinajstić information content (AvgIpc) is 3.60. The van der Waals surface area contributed by atoms with Gasteiger partial charge >= 0.3 is 16.3 Å². The maximum absolute atomic E-state index is 13.2. The van der Waals surface area contributed by atoms with E-state index in [0.717, 1.165) is 57.4 Å². The standard InChI is InChI=1S/C41H45ClN4O8S/c1-4-52-39(47)25-36(32-14-18-37(42)33(24-32)26-45-22-20-40(54-55(45,48)49)53-28-30-10-6-5-7-11-30)35-17-19-38-41(29(35)2)43-44-46(38)21-8-9-23-51-27-31-12-15-34(50-3)16-13-31/h5-7,10-20,24,36H,4,8-9,21-23,25-28H2,1-3H3. The first-order chi connectivity index (χ1) is 26.6. The Kier molecular flexibility index (Phi) is 13.4.